The predicted octanol–water partition coefficient (Wildman–Crippen LogP) is -0.265. The normalized spacial score (nSPS) is 25.5. The molecule has 1 aliphatic rings. The van der Waals surface area contributed by atoms with Crippen LogP contribution in [0.4, 0.5) is 16.0 Å². The summed E-state index contributed by atoms with van der Waals surface area (Å²) >= 11 is 0.816. The van der Waals surface area contributed by atoms with E-state index in [0.29, 0.717) is 5.00 Å². The Morgan fingerprint density at radius 3 is 2.82 bits per heavy atom. The number of nitrogens with one attached hydrogen (secondary N) is 2. The SMILES string of the molecule is C[C@@]1(n2cnc3c(=O)[nH]c(Nc4ccc([N+](=O)[O-])s4)nc32)O[C@H](COP(=O)(O)O)[C@@H](O)[C@H]1O. The number of ether oxygens (including phenoxy) is 1. The highest BCUT2D eigenvalue weighted by Crippen LogP contribution is 2.41. The van der Waals surface area contributed by atoms with E-state index >= 15 is 0 Å². The van der Waals surface area contributed by atoms with Gasteiger partial charge in [-0.15, -0.1) is 0 Å². The summed E-state index contributed by atoms with van der Waals surface area (Å²) in [4.78, 5) is 51.2. The van der Waals surface area contributed by atoms with Crippen LogP contribution in [0.2, 0.25) is 0 Å². The highest BCUT2D eigenvalue weighted by atomic mass is 32.1. The van der Waals surface area contributed by atoms with Gasteiger partial charge in [0.15, 0.2) is 16.9 Å². The number of H-pyrrole nitrogens is 1. The molecule has 0 bridgehead atoms. The summed E-state index contributed by atoms with van der Waals surface area (Å²) in [6.07, 6.45) is -3.38. The Hall–Kier alpha value is -2.76. The Bertz CT molecular complexity index is 1320. The molecule has 18 heteroatoms. The fourth-order valence-corrected chi connectivity index (χ4v) is 4.43. The van der Waals surface area contributed by atoms with Gasteiger partial charge >= 0.3 is 12.8 Å². The molecule has 16 nitrogen and oxygen atoms in total. The number of fused-ring (bicyclic) bond motifs is 1. The number of aromatic nitrogens is 4. The van der Waals surface area contributed by atoms with Crippen molar-refractivity contribution in [3.63, 3.8) is 0 Å². The molecule has 4 atom stereocenters. The van der Waals surface area contributed by atoms with Gasteiger partial charge in [-0.3, -0.25) is 29.0 Å². The van der Waals surface area contributed by atoms with Crippen LogP contribution in [-0.4, -0.2) is 69.4 Å². The van der Waals surface area contributed by atoms with Gasteiger partial charge in [0.2, 0.25) is 5.95 Å². The molecule has 0 radical (unpaired) electrons. The first-order valence-electron chi connectivity index (χ1n) is 9.12. The van der Waals surface area contributed by atoms with Crippen molar-refractivity contribution in [1.82, 2.24) is 19.5 Å². The fraction of sp³-hybridized carbons (Fsp3) is 0.400. The number of phosphoric acid groups is 1. The van der Waals surface area contributed by atoms with Crippen LogP contribution < -0.4 is 10.9 Å². The molecule has 0 spiro atoms. The van der Waals surface area contributed by atoms with Crippen molar-refractivity contribution in [1.29, 1.82) is 0 Å². The Morgan fingerprint density at radius 1 is 1.45 bits per heavy atom. The molecular weight excluding hydrogens is 487 g/mol. The zero-order chi connectivity index (χ0) is 24.1. The Kier molecular flexibility index (Phi) is 5.83. The minimum absolute atomic E-state index is 0.0578. The quantitative estimate of drug-likeness (QED) is 0.138. The number of phosphoric ester groups is 1. The summed E-state index contributed by atoms with van der Waals surface area (Å²) in [5.41, 5.74) is -2.58. The first-order valence-corrected chi connectivity index (χ1v) is 11.5. The standard InChI is InChI=1S/C15H17N6O10PS/c1-15(11(23)10(22)6(31-15)4-30-32(27,28)29)20-5-16-9-12(20)18-14(19-13(9)24)17-7-2-3-8(33-7)21(25)26/h2-3,5-6,10-11,22-23H,4H2,1H3,(H2,27,28,29)(H2,17,18,19,24)/t6-,10-,11-,15-/m1/s1. The number of hydrogen-bond donors (Lipinski definition) is 6. The van der Waals surface area contributed by atoms with Crippen LogP contribution in [-0.2, 0) is 19.6 Å². The summed E-state index contributed by atoms with van der Waals surface area (Å²) in [5.74, 6) is -0.0796. The van der Waals surface area contributed by atoms with E-state index in [1.807, 2.05) is 0 Å². The molecule has 33 heavy (non-hydrogen) atoms. The van der Waals surface area contributed by atoms with Gasteiger partial charge in [0.05, 0.1) is 17.9 Å². The fourth-order valence-electron chi connectivity index (χ4n) is 3.37. The molecule has 3 aromatic rings. The monoisotopic (exact) mass is 504 g/mol. The van der Waals surface area contributed by atoms with Crippen LogP contribution in [0.3, 0.4) is 0 Å². The molecular formula is C15H17N6O10PS. The van der Waals surface area contributed by atoms with Gasteiger partial charge in [-0.1, -0.05) is 0 Å². The van der Waals surface area contributed by atoms with Crippen molar-refractivity contribution < 1.29 is 38.7 Å². The van der Waals surface area contributed by atoms with E-state index in [2.05, 4.69) is 24.8 Å². The second-order valence-electron chi connectivity index (χ2n) is 7.15. The van der Waals surface area contributed by atoms with Gasteiger partial charge in [0, 0.05) is 6.07 Å². The number of aromatic amines is 1. The first-order chi connectivity index (χ1) is 15.4. The minimum atomic E-state index is -4.86. The maximum absolute atomic E-state index is 12.5. The summed E-state index contributed by atoms with van der Waals surface area (Å²) in [6.45, 7) is 0.640. The smallest absolute Gasteiger partial charge is 0.387 e. The molecule has 3 aromatic heterocycles. The first kappa shape index (κ1) is 23.4. The molecule has 0 saturated carbocycles. The molecule has 178 valence electrons. The van der Waals surface area contributed by atoms with Crippen molar-refractivity contribution in [2.45, 2.75) is 31.0 Å². The number of nitro groups is 1. The molecule has 1 fully saturated rings. The Morgan fingerprint density at radius 2 is 2.18 bits per heavy atom. The van der Waals surface area contributed by atoms with Gasteiger partial charge in [-0.25, -0.2) is 9.55 Å². The number of imidazole rings is 1. The third kappa shape index (κ3) is 4.40. The lowest BCUT2D eigenvalue weighted by Crippen LogP contribution is -2.43. The largest absolute Gasteiger partial charge is 0.469 e. The number of rotatable bonds is 7. The third-order valence-electron chi connectivity index (χ3n) is 4.95. The number of anilines is 2. The van der Waals surface area contributed by atoms with Gasteiger partial charge < -0.3 is 30.1 Å². The number of thiophene rings is 1. The van der Waals surface area contributed by atoms with Crippen LogP contribution in [0.15, 0.2) is 23.3 Å². The van der Waals surface area contributed by atoms with E-state index in [9.17, 15) is 29.7 Å². The summed E-state index contributed by atoms with van der Waals surface area (Å²) in [5, 5.41) is 34.7. The number of nitrogens with zero attached hydrogens (tertiary/aromatic N) is 4. The molecule has 0 aliphatic carbocycles. The third-order valence-corrected chi connectivity index (χ3v) is 6.39. The Labute approximate surface area is 186 Å². The number of aliphatic hydroxyl groups is 2. The molecule has 4 heterocycles. The van der Waals surface area contributed by atoms with Gasteiger partial charge in [0.25, 0.3) is 5.56 Å². The summed E-state index contributed by atoms with van der Waals surface area (Å²) in [7, 11) is -4.86. The lowest BCUT2D eigenvalue weighted by Gasteiger charge is -2.29. The topological polar surface area (TPSA) is 235 Å². The molecule has 1 saturated heterocycles. The van der Waals surface area contributed by atoms with Crippen LogP contribution in [0.25, 0.3) is 11.2 Å². The van der Waals surface area contributed by atoms with Gasteiger partial charge in [-0.05, 0) is 24.3 Å². The minimum Gasteiger partial charge on any atom is -0.387 e. The van der Waals surface area contributed by atoms with E-state index in [1.54, 1.807) is 0 Å². The summed E-state index contributed by atoms with van der Waals surface area (Å²) < 4.78 is 22.2. The van der Waals surface area contributed by atoms with Crippen LogP contribution >= 0.6 is 19.2 Å². The van der Waals surface area contributed by atoms with Crippen molar-refractivity contribution in [2.24, 2.45) is 0 Å². The van der Waals surface area contributed by atoms with E-state index in [1.165, 1.54) is 23.6 Å². The highest BCUT2D eigenvalue weighted by Gasteiger charge is 2.53. The molecule has 6 N–H and O–H groups in total. The number of hydrogen-bond acceptors (Lipinski definition) is 12. The molecule has 1 aliphatic heterocycles. The lowest BCUT2D eigenvalue weighted by molar-refractivity contribution is -0.380. The van der Waals surface area contributed by atoms with Crippen molar-refractivity contribution in [3.05, 3.63) is 38.9 Å². The highest BCUT2D eigenvalue weighted by molar-refractivity contribution is 7.46. The van der Waals surface area contributed by atoms with Crippen molar-refractivity contribution >= 4 is 46.3 Å². The lowest BCUT2D eigenvalue weighted by atomic mass is 10.0. The van der Waals surface area contributed by atoms with E-state index in [4.69, 9.17) is 14.5 Å². The van der Waals surface area contributed by atoms with Crippen LogP contribution in [0.1, 0.15) is 6.92 Å². The van der Waals surface area contributed by atoms with E-state index < -0.39 is 48.9 Å². The molecule has 4 rings (SSSR count). The average molecular weight is 504 g/mol. The van der Waals surface area contributed by atoms with E-state index in [-0.39, 0.29) is 22.1 Å². The van der Waals surface area contributed by atoms with Gasteiger partial charge in [-0.2, -0.15) is 4.98 Å². The van der Waals surface area contributed by atoms with E-state index in [0.717, 1.165) is 17.7 Å². The van der Waals surface area contributed by atoms with Crippen molar-refractivity contribution in [2.75, 3.05) is 11.9 Å². The van der Waals surface area contributed by atoms with Gasteiger partial charge in [0.1, 0.15) is 23.3 Å². The second kappa shape index (κ2) is 8.23. The second-order valence-corrected chi connectivity index (χ2v) is 9.46. The van der Waals surface area contributed by atoms with Crippen LogP contribution in [0, 0.1) is 10.1 Å². The Balaban J connectivity index is 1.68. The molecule has 0 unspecified atom stereocenters. The maximum Gasteiger partial charge on any atom is 0.469 e. The zero-order valence-corrected chi connectivity index (χ0v) is 18.3. The molecule has 0 aromatic carbocycles. The number of aliphatic hydroxyl groups excluding tert-OH is 2. The van der Waals surface area contributed by atoms with Crippen LogP contribution in [0.5, 0.6) is 0 Å². The molecule has 0 amide bonds. The zero-order valence-electron chi connectivity index (χ0n) is 16.6. The predicted molar refractivity (Wildman–Crippen MR) is 111 cm³/mol. The average Bonchev–Trinajstić information content (AvgIpc) is 3.41. The van der Waals surface area contributed by atoms with Crippen molar-refractivity contribution in [3.8, 4) is 0 Å². The maximum atomic E-state index is 12.5. The summed E-state index contributed by atoms with van der Waals surface area (Å²) in [6, 6.07) is 2.70.